The molecule has 0 atom stereocenters. The normalized spacial score (nSPS) is 10.8. The fourth-order valence-electron chi connectivity index (χ4n) is 1.37. The number of hydrogen-bond donors (Lipinski definition) is 1. The van der Waals surface area contributed by atoms with Gasteiger partial charge in [-0.2, -0.15) is 0 Å². The van der Waals surface area contributed by atoms with Crippen molar-refractivity contribution in [1.29, 1.82) is 0 Å². The van der Waals surface area contributed by atoms with E-state index in [1.165, 1.54) is 6.08 Å². The Balaban J connectivity index is 1.71. The van der Waals surface area contributed by atoms with E-state index in [2.05, 4.69) is 5.32 Å². The van der Waals surface area contributed by atoms with E-state index in [9.17, 15) is 4.79 Å². The van der Waals surface area contributed by atoms with Gasteiger partial charge in [0.25, 0.3) is 0 Å². The molecule has 2 aromatic heterocycles. The van der Waals surface area contributed by atoms with Crippen LogP contribution >= 0.6 is 0 Å². The summed E-state index contributed by atoms with van der Waals surface area (Å²) in [6.07, 6.45) is 10.4. The van der Waals surface area contributed by atoms with Crippen LogP contribution in [0.4, 0.5) is 0 Å². The standard InChI is InChI=1S/C13H13NO3/c15-13(2-1-11-4-7-16-9-11)14-6-3-12-5-8-17-10-12/h1-2,4-5,7-10H,3,6H2,(H,14,15)/b2-1+. The van der Waals surface area contributed by atoms with Crippen molar-refractivity contribution < 1.29 is 13.6 Å². The van der Waals surface area contributed by atoms with Crippen molar-refractivity contribution in [3.05, 3.63) is 54.4 Å². The molecule has 0 radical (unpaired) electrons. The molecule has 17 heavy (non-hydrogen) atoms. The van der Waals surface area contributed by atoms with Crippen LogP contribution in [0.5, 0.6) is 0 Å². The second kappa shape index (κ2) is 5.75. The van der Waals surface area contributed by atoms with E-state index in [0.29, 0.717) is 6.54 Å². The van der Waals surface area contributed by atoms with Gasteiger partial charge in [-0.25, -0.2) is 0 Å². The maximum absolute atomic E-state index is 11.4. The molecule has 0 aliphatic heterocycles. The van der Waals surface area contributed by atoms with Gasteiger partial charge >= 0.3 is 0 Å². The number of rotatable bonds is 5. The smallest absolute Gasteiger partial charge is 0.244 e. The van der Waals surface area contributed by atoms with Crippen molar-refractivity contribution in [2.75, 3.05) is 6.54 Å². The minimum Gasteiger partial charge on any atom is -0.472 e. The Labute approximate surface area is 98.9 Å². The molecule has 1 amide bonds. The van der Waals surface area contributed by atoms with Gasteiger partial charge in [-0.15, -0.1) is 0 Å². The Kier molecular flexibility index (Phi) is 3.81. The zero-order valence-corrected chi connectivity index (χ0v) is 9.26. The van der Waals surface area contributed by atoms with E-state index in [1.54, 1.807) is 37.2 Å². The van der Waals surface area contributed by atoms with Crippen molar-refractivity contribution in [2.24, 2.45) is 0 Å². The van der Waals surface area contributed by atoms with Crippen molar-refractivity contribution in [3.63, 3.8) is 0 Å². The predicted octanol–water partition coefficient (Wildman–Crippen LogP) is 2.24. The van der Waals surface area contributed by atoms with Crippen LogP contribution < -0.4 is 5.32 Å². The molecule has 0 aliphatic carbocycles. The van der Waals surface area contributed by atoms with Crippen LogP contribution in [0, 0.1) is 0 Å². The Hall–Kier alpha value is -2.23. The Morgan fingerprint density at radius 3 is 2.76 bits per heavy atom. The predicted molar refractivity (Wildman–Crippen MR) is 63.2 cm³/mol. The van der Waals surface area contributed by atoms with Crippen LogP contribution in [-0.4, -0.2) is 12.5 Å². The summed E-state index contributed by atoms with van der Waals surface area (Å²) < 4.78 is 9.81. The highest BCUT2D eigenvalue weighted by Gasteiger charge is 1.97. The molecule has 0 aliphatic rings. The molecule has 0 unspecified atom stereocenters. The van der Waals surface area contributed by atoms with Gasteiger partial charge in [-0.05, 0) is 30.2 Å². The molecule has 0 saturated carbocycles. The molecule has 0 fully saturated rings. The third-order valence-electron chi connectivity index (χ3n) is 2.26. The van der Waals surface area contributed by atoms with E-state index < -0.39 is 0 Å². The summed E-state index contributed by atoms with van der Waals surface area (Å²) in [5, 5.41) is 2.79. The zero-order valence-electron chi connectivity index (χ0n) is 9.26. The third kappa shape index (κ3) is 3.68. The summed E-state index contributed by atoms with van der Waals surface area (Å²) in [5.74, 6) is -0.116. The van der Waals surface area contributed by atoms with E-state index in [0.717, 1.165) is 17.5 Å². The molecule has 0 aromatic carbocycles. The number of carbonyl (C=O) groups is 1. The van der Waals surface area contributed by atoms with Crippen molar-refractivity contribution in [3.8, 4) is 0 Å². The van der Waals surface area contributed by atoms with Crippen LogP contribution in [0.3, 0.4) is 0 Å². The summed E-state index contributed by atoms with van der Waals surface area (Å²) in [4.78, 5) is 11.4. The van der Waals surface area contributed by atoms with Crippen molar-refractivity contribution >= 4 is 12.0 Å². The van der Waals surface area contributed by atoms with E-state index in [-0.39, 0.29) is 5.91 Å². The Morgan fingerprint density at radius 1 is 1.24 bits per heavy atom. The minimum absolute atomic E-state index is 0.116. The fourth-order valence-corrected chi connectivity index (χ4v) is 1.37. The zero-order chi connectivity index (χ0) is 11.9. The van der Waals surface area contributed by atoms with Gasteiger partial charge in [-0.1, -0.05) is 0 Å². The van der Waals surface area contributed by atoms with Crippen molar-refractivity contribution in [2.45, 2.75) is 6.42 Å². The highest BCUT2D eigenvalue weighted by molar-refractivity contribution is 5.91. The topological polar surface area (TPSA) is 55.4 Å². The van der Waals surface area contributed by atoms with Gasteiger partial charge < -0.3 is 14.2 Å². The lowest BCUT2D eigenvalue weighted by molar-refractivity contribution is -0.116. The average Bonchev–Trinajstić information content (AvgIpc) is 2.99. The van der Waals surface area contributed by atoms with Crippen LogP contribution in [0.2, 0.25) is 0 Å². The third-order valence-corrected chi connectivity index (χ3v) is 2.26. The summed E-state index contributed by atoms with van der Waals surface area (Å²) >= 11 is 0. The maximum atomic E-state index is 11.4. The molecule has 0 bridgehead atoms. The van der Waals surface area contributed by atoms with Crippen LogP contribution in [-0.2, 0) is 11.2 Å². The lowest BCUT2D eigenvalue weighted by Gasteiger charge is -1.99. The Morgan fingerprint density at radius 2 is 2.06 bits per heavy atom. The minimum atomic E-state index is -0.116. The molecule has 0 saturated heterocycles. The van der Waals surface area contributed by atoms with E-state index in [4.69, 9.17) is 8.83 Å². The molecule has 2 rings (SSSR count). The van der Waals surface area contributed by atoms with Gasteiger partial charge in [0.05, 0.1) is 25.1 Å². The lowest BCUT2D eigenvalue weighted by atomic mass is 10.2. The van der Waals surface area contributed by atoms with Gasteiger partial charge in [0.2, 0.25) is 5.91 Å². The molecular weight excluding hydrogens is 218 g/mol. The quantitative estimate of drug-likeness (QED) is 0.803. The maximum Gasteiger partial charge on any atom is 0.244 e. The number of furan rings is 2. The molecule has 0 spiro atoms. The number of carbonyl (C=O) groups excluding carboxylic acids is 1. The molecule has 2 heterocycles. The van der Waals surface area contributed by atoms with Gasteiger partial charge in [-0.3, -0.25) is 4.79 Å². The van der Waals surface area contributed by atoms with Crippen LogP contribution in [0.25, 0.3) is 6.08 Å². The highest BCUT2D eigenvalue weighted by Crippen LogP contribution is 2.02. The number of nitrogens with one attached hydrogen (secondary N) is 1. The molecule has 4 nitrogen and oxygen atoms in total. The first-order valence-corrected chi connectivity index (χ1v) is 5.34. The van der Waals surface area contributed by atoms with Gasteiger partial charge in [0.1, 0.15) is 0 Å². The van der Waals surface area contributed by atoms with E-state index in [1.807, 2.05) is 6.07 Å². The number of hydrogen-bond acceptors (Lipinski definition) is 3. The molecular formula is C13H13NO3. The average molecular weight is 231 g/mol. The molecule has 2 aromatic rings. The second-order valence-electron chi connectivity index (χ2n) is 3.56. The largest absolute Gasteiger partial charge is 0.472 e. The van der Waals surface area contributed by atoms with Gasteiger partial charge in [0, 0.05) is 18.2 Å². The molecule has 88 valence electrons. The Bertz CT molecular complexity index is 469. The monoisotopic (exact) mass is 231 g/mol. The first kappa shape index (κ1) is 11.3. The van der Waals surface area contributed by atoms with Crippen LogP contribution in [0.15, 0.2) is 52.1 Å². The highest BCUT2D eigenvalue weighted by atomic mass is 16.3. The molecule has 4 heteroatoms. The summed E-state index contributed by atoms with van der Waals surface area (Å²) in [5.41, 5.74) is 1.94. The van der Waals surface area contributed by atoms with E-state index >= 15 is 0 Å². The first-order chi connectivity index (χ1) is 8.34. The fraction of sp³-hybridized carbons (Fsp3) is 0.154. The molecule has 1 N–H and O–H groups in total. The number of amides is 1. The lowest BCUT2D eigenvalue weighted by Crippen LogP contribution is -2.23. The summed E-state index contributed by atoms with van der Waals surface area (Å²) in [7, 11) is 0. The summed E-state index contributed by atoms with van der Waals surface area (Å²) in [6, 6.07) is 3.67. The summed E-state index contributed by atoms with van der Waals surface area (Å²) in [6.45, 7) is 0.591. The van der Waals surface area contributed by atoms with Crippen molar-refractivity contribution in [1.82, 2.24) is 5.32 Å². The second-order valence-corrected chi connectivity index (χ2v) is 3.56. The SMILES string of the molecule is O=C(/C=C/c1ccoc1)NCCc1ccoc1. The van der Waals surface area contributed by atoms with Gasteiger partial charge in [0.15, 0.2) is 0 Å². The van der Waals surface area contributed by atoms with Crippen LogP contribution in [0.1, 0.15) is 11.1 Å². The first-order valence-electron chi connectivity index (χ1n) is 5.34.